The van der Waals surface area contributed by atoms with Gasteiger partial charge in [-0.15, -0.1) is 0 Å². The molecule has 1 aliphatic carbocycles. The number of hydrogen-bond donors (Lipinski definition) is 4. The van der Waals surface area contributed by atoms with Gasteiger partial charge in [0.15, 0.2) is 0 Å². The molecule has 0 amide bonds. The van der Waals surface area contributed by atoms with Crippen molar-refractivity contribution >= 4 is 0 Å². The summed E-state index contributed by atoms with van der Waals surface area (Å²) in [6.45, 7) is 3.67. The Balaban J connectivity index is 2.79. The zero-order valence-corrected chi connectivity index (χ0v) is 7.96. The average molecular weight is 190 g/mol. The van der Waals surface area contributed by atoms with Crippen molar-refractivity contribution in [3.63, 3.8) is 0 Å². The molecule has 6 atom stereocenters. The number of hydrogen-bond acceptors (Lipinski definition) is 4. The maximum absolute atomic E-state index is 9.57. The molecule has 4 N–H and O–H groups in total. The second-order valence-corrected chi connectivity index (χ2v) is 3.89. The normalized spacial score (nSPS) is 52.2. The van der Waals surface area contributed by atoms with Gasteiger partial charge in [0.1, 0.15) is 12.2 Å². The van der Waals surface area contributed by atoms with E-state index in [9.17, 15) is 20.4 Å². The molecule has 0 heterocycles. The molecule has 78 valence electrons. The van der Waals surface area contributed by atoms with Crippen molar-refractivity contribution in [3.05, 3.63) is 0 Å². The molecule has 4 heteroatoms. The van der Waals surface area contributed by atoms with Gasteiger partial charge in [-0.1, -0.05) is 20.3 Å². The van der Waals surface area contributed by atoms with Crippen LogP contribution in [0.15, 0.2) is 0 Å². The minimum absolute atomic E-state index is 0.145. The zero-order valence-electron chi connectivity index (χ0n) is 7.96. The first-order chi connectivity index (χ1) is 6.00. The molecule has 1 saturated carbocycles. The average Bonchev–Trinajstić information content (AvgIpc) is 2.13. The van der Waals surface area contributed by atoms with E-state index in [-0.39, 0.29) is 11.8 Å². The summed E-state index contributed by atoms with van der Waals surface area (Å²) in [5.41, 5.74) is 0. The third kappa shape index (κ3) is 1.72. The largest absolute Gasteiger partial charge is 0.390 e. The van der Waals surface area contributed by atoms with Gasteiger partial charge in [0.2, 0.25) is 0 Å². The highest BCUT2D eigenvalue weighted by atomic mass is 16.4. The molecule has 1 aliphatic rings. The fourth-order valence-electron chi connectivity index (χ4n) is 2.15. The molecular formula is C9H18O4. The van der Waals surface area contributed by atoms with Gasteiger partial charge in [-0.3, -0.25) is 0 Å². The van der Waals surface area contributed by atoms with Crippen molar-refractivity contribution in [2.45, 2.75) is 44.7 Å². The lowest BCUT2D eigenvalue weighted by Gasteiger charge is -2.42. The third-order valence-electron chi connectivity index (χ3n) is 3.17. The molecule has 0 radical (unpaired) electrons. The summed E-state index contributed by atoms with van der Waals surface area (Å²) in [7, 11) is 0. The summed E-state index contributed by atoms with van der Waals surface area (Å²) in [5.74, 6) is -0.327. The quantitative estimate of drug-likeness (QED) is 0.432. The van der Waals surface area contributed by atoms with Gasteiger partial charge in [0, 0.05) is 0 Å². The molecule has 0 bridgehead atoms. The van der Waals surface area contributed by atoms with Crippen LogP contribution in [0.3, 0.4) is 0 Å². The van der Waals surface area contributed by atoms with Crippen LogP contribution in [0.4, 0.5) is 0 Å². The van der Waals surface area contributed by atoms with Crippen molar-refractivity contribution in [1.82, 2.24) is 0 Å². The summed E-state index contributed by atoms with van der Waals surface area (Å²) < 4.78 is 0. The summed E-state index contributed by atoms with van der Waals surface area (Å²) in [6.07, 6.45) is -3.64. The van der Waals surface area contributed by atoms with Gasteiger partial charge >= 0.3 is 0 Å². The van der Waals surface area contributed by atoms with E-state index in [4.69, 9.17) is 0 Å². The van der Waals surface area contributed by atoms with E-state index in [0.717, 1.165) is 0 Å². The second-order valence-electron chi connectivity index (χ2n) is 3.89. The van der Waals surface area contributed by atoms with Crippen molar-refractivity contribution in [2.24, 2.45) is 11.8 Å². The highest BCUT2D eigenvalue weighted by molar-refractivity contribution is 4.95. The van der Waals surface area contributed by atoms with Crippen LogP contribution in [0.25, 0.3) is 0 Å². The van der Waals surface area contributed by atoms with E-state index in [1.165, 1.54) is 0 Å². The number of aliphatic hydroxyl groups excluding tert-OH is 4. The van der Waals surface area contributed by atoms with Crippen LogP contribution in [0.1, 0.15) is 20.3 Å². The van der Waals surface area contributed by atoms with Crippen molar-refractivity contribution in [3.8, 4) is 0 Å². The fraction of sp³-hybridized carbons (Fsp3) is 1.00. The maximum atomic E-state index is 9.57. The van der Waals surface area contributed by atoms with E-state index >= 15 is 0 Å². The first-order valence-corrected chi connectivity index (χ1v) is 4.73. The Morgan fingerprint density at radius 3 is 1.77 bits per heavy atom. The lowest BCUT2D eigenvalue weighted by atomic mass is 9.72. The summed E-state index contributed by atoms with van der Waals surface area (Å²) in [5, 5.41) is 37.8. The molecule has 1 fully saturated rings. The highest BCUT2D eigenvalue weighted by Crippen LogP contribution is 2.32. The molecule has 0 spiro atoms. The molecule has 0 aromatic carbocycles. The maximum Gasteiger partial charge on any atom is 0.109 e. The third-order valence-corrected chi connectivity index (χ3v) is 3.17. The van der Waals surface area contributed by atoms with Crippen LogP contribution >= 0.6 is 0 Å². The summed E-state index contributed by atoms with van der Waals surface area (Å²) in [4.78, 5) is 0. The Morgan fingerprint density at radius 1 is 0.846 bits per heavy atom. The van der Waals surface area contributed by atoms with E-state index < -0.39 is 24.4 Å². The lowest BCUT2D eigenvalue weighted by molar-refractivity contribution is -0.180. The predicted octanol–water partition coefficient (Wildman–Crippen LogP) is -0.894. The van der Waals surface area contributed by atoms with Gasteiger partial charge in [-0.2, -0.15) is 0 Å². The second kappa shape index (κ2) is 3.92. The molecule has 1 rings (SSSR count). The fourth-order valence-corrected chi connectivity index (χ4v) is 2.15. The first-order valence-electron chi connectivity index (χ1n) is 4.73. The molecule has 0 aromatic heterocycles. The predicted molar refractivity (Wildman–Crippen MR) is 47.0 cm³/mol. The molecule has 6 unspecified atom stereocenters. The Labute approximate surface area is 77.8 Å². The van der Waals surface area contributed by atoms with Crippen molar-refractivity contribution in [1.29, 1.82) is 0 Å². The molecule has 0 aliphatic heterocycles. The number of rotatable bonds is 1. The lowest BCUT2D eigenvalue weighted by Crippen LogP contribution is -2.57. The van der Waals surface area contributed by atoms with Gasteiger partial charge in [-0.05, 0) is 11.8 Å². The van der Waals surface area contributed by atoms with Crippen LogP contribution in [0.5, 0.6) is 0 Å². The van der Waals surface area contributed by atoms with E-state index in [1.54, 1.807) is 6.92 Å². The highest BCUT2D eigenvalue weighted by Gasteiger charge is 2.45. The van der Waals surface area contributed by atoms with Crippen LogP contribution < -0.4 is 0 Å². The molecule has 4 nitrogen and oxygen atoms in total. The van der Waals surface area contributed by atoms with Gasteiger partial charge in [0.05, 0.1) is 12.2 Å². The van der Waals surface area contributed by atoms with E-state index in [1.807, 2.05) is 6.92 Å². The molecular weight excluding hydrogens is 172 g/mol. The monoisotopic (exact) mass is 190 g/mol. The minimum Gasteiger partial charge on any atom is -0.390 e. The molecule has 0 aromatic rings. The SMILES string of the molecule is CCC1C(C)C(O)C(O)C(O)C1O. The molecule has 13 heavy (non-hydrogen) atoms. The van der Waals surface area contributed by atoms with E-state index in [2.05, 4.69) is 0 Å². The Bertz CT molecular complexity index is 157. The standard InChI is InChI=1S/C9H18O4/c1-3-5-4(2)6(10)8(12)9(13)7(5)11/h4-13H,3H2,1-2H3. The van der Waals surface area contributed by atoms with Gasteiger partial charge < -0.3 is 20.4 Å². The Kier molecular flexibility index (Phi) is 3.29. The van der Waals surface area contributed by atoms with Gasteiger partial charge in [0.25, 0.3) is 0 Å². The van der Waals surface area contributed by atoms with E-state index in [0.29, 0.717) is 6.42 Å². The first kappa shape index (κ1) is 10.9. The Morgan fingerprint density at radius 2 is 1.31 bits per heavy atom. The van der Waals surface area contributed by atoms with Crippen LogP contribution in [0, 0.1) is 11.8 Å². The van der Waals surface area contributed by atoms with Crippen LogP contribution in [0.2, 0.25) is 0 Å². The summed E-state index contributed by atoms with van der Waals surface area (Å²) in [6, 6.07) is 0. The van der Waals surface area contributed by atoms with Crippen LogP contribution in [-0.2, 0) is 0 Å². The summed E-state index contributed by atoms with van der Waals surface area (Å²) >= 11 is 0. The molecule has 0 saturated heterocycles. The van der Waals surface area contributed by atoms with Crippen LogP contribution in [-0.4, -0.2) is 44.8 Å². The van der Waals surface area contributed by atoms with Crippen molar-refractivity contribution in [2.75, 3.05) is 0 Å². The smallest absolute Gasteiger partial charge is 0.109 e. The zero-order chi connectivity index (χ0) is 10.2. The Hall–Kier alpha value is -0.160. The topological polar surface area (TPSA) is 80.9 Å². The minimum atomic E-state index is -1.23. The number of aliphatic hydroxyl groups is 4. The van der Waals surface area contributed by atoms with Gasteiger partial charge in [-0.25, -0.2) is 0 Å². The van der Waals surface area contributed by atoms with Crippen molar-refractivity contribution < 1.29 is 20.4 Å².